The van der Waals surface area contributed by atoms with Crippen LogP contribution in [-0.4, -0.2) is 79.3 Å². The number of rotatable bonds is 23. The van der Waals surface area contributed by atoms with Crippen molar-refractivity contribution in [2.75, 3.05) is 79.3 Å². The topological polar surface area (TPSA) is 64.6 Å². The third kappa shape index (κ3) is 10.8. The van der Waals surface area contributed by atoms with Gasteiger partial charge in [0, 0.05) is 0 Å². The lowest BCUT2D eigenvalue weighted by atomic mass is 9.80. The van der Waals surface area contributed by atoms with Crippen molar-refractivity contribution in [1.82, 2.24) is 0 Å². The van der Waals surface area contributed by atoms with Gasteiger partial charge in [0.25, 0.3) is 0 Å². The Morgan fingerprint density at radius 3 is 1.05 bits per heavy atom. The van der Waals surface area contributed by atoms with Crippen molar-refractivity contribution >= 4 is 0 Å². The van der Waals surface area contributed by atoms with Crippen LogP contribution in [0.1, 0.15) is 16.7 Å². The van der Waals surface area contributed by atoms with Gasteiger partial charge < -0.3 is 33.2 Å². The van der Waals surface area contributed by atoms with Crippen molar-refractivity contribution < 1.29 is 33.2 Å². The Balaban J connectivity index is 1.32. The van der Waals surface area contributed by atoms with E-state index in [1.54, 1.807) is 0 Å². The summed E-state index contributed by atoms with van der Waals surface area (Å²) in [6, 6.07) is 31.0. The van der Waals surface area contributed by atoms with Crippen LogP contribution < -0.4 is 0 Å². The van der Waals surface area contributed by atoms with Gasteiger partial charge in [-0.15, -0.1) is 0 Å². The SMILES string of the molecule is C=COCCOCCOCCOCCOCCOCCOC(c1ccccc1)(c1ccccc1)c1ccccc1. The highest BCUT2D eigenvalue weighted by Gasteiger charge is 2.37. The third-order valence-corrected chi connectivity index (χ3v) is 6.04. The van der Waals surface area contributed by atoms with Crippen molar-refractivity contribution in [2.24, 2.45) is 0 Å². The van der Waals surface area contributed by atoms with Crippen molar-refractivity contribution in [2.45, 2.75) is 5.60 Å². The summed E-state index contributed by atoms with van der Waals surface area (Å²) in [5.41, 5.74) is 2.48. The van der Waals surface area contributed by atoms with Gasteiger partial charge in [0.1, 0.15) is 12.2 Å². The first-order chi connectivity index (χ1) is 19.9. The van der Waals surface area contributed by atoms with Gasteiger partial charge in [0.15, 0.2) is 0 Å². The minimum atomic E-state index is -0.738. The van der Waals surface area contributed by atoms with E-state index in [0.29, 0.717) is 79.3 Å². The molecular weight excluding hydrogens is 508 g/mol. The lowest BCUT2D eigenvalue weighted by Crippen LogP contribution is -2.34. The second kappa shape index (κ2) is 19.9. The summed E-state index contributed by atoms with van der Waals surface area (Å²) in [6.45, 7) is 9.46. The molecule has 0 aliphatic carbocycles. The Hall–Kier alpha value is -3.04. The highest BCUT2D eigenvalue weighted by atomic mass is 16.6. The van der Waals surface area contributed by atoms with Crippen molar-refractivity contribution in [3.63, 3.8) is 0 Å². The van der Waals surface area contributed by atoms with Crippen LogP contribution in [0.15, 0.2) is 104 Å². The predicted octanol–water partition coefficient (Wildman–Crippen LogP) is 5.24. The maximum Gasteiger partial charge on any atom is 0.143 e. The zero-order valence-corrected chi connectivity index (χ0v) is 23.3. The summed E-state index contributed by atoms with van der Waals surface area (Å²) < 4.78 is 39.4. The Labute approximate surface area is 238 Å². The average Bonchev–Trinajstić information content (AvgIpc) is 3.01. The van der Waals surface area contributed by atoms with E-state index in [2.05, 4.69) is 43.0 Å². The lowest BCUT2D eigenvalue weighted by molar-refractivity contribution is -0.0393. The molecule has 7 heteroatoms. The van der Waals surface area contributed by atoms with E-state index in [9.17, 15) is 0 Å². The van der Waals surface area contributed by atoms with E-state index in [1.165, 1.54) is 6.26 Å². The second-order valence-electron chi connectivity index (χ2n) is 8.73. The van der Waals surface area contributed by atoms with E-state index in [-0.39, 0.29) is 0 Å². The maximum atomic E-state index is 6.70. The summed E-state index contributed by atoms with van der Waals surface area (Å²) in [6.07, 6.45) is 1.40. The molecule has 0 aliphatic heterocycles. The molecule has 0 fully saturated rings. The third-order valence-electron chi connectivity index (χ3n) is 6.04. The standard InChI is InChI=1S/C33H42O7/c1-2-34-18-19-35-20-21-36-22-23-37-24-25-38-26-27-39-28-29-40-33(30-12-6-3-7-13-30,31-14-8-4-9-15-31)32-16-10-5-11-17-32/h2-17H,1,18-29H2. The van der Waals surface area contributed by atoms with Crippen LogP contribution in [-0.2, 0) is 38.8 Å². The fraction of sp³-hybridized carbons (Fsp3) is 0.394. The smallest absolute Gasteiger partial charge is 0.143 e. The largest absolute Gasteiger partial charge is 0.499 e. The highest BCUT2D eigenvalue weighted by molar-refractivity contribution is 5.47. The predicted molar refractivity (Wildman–Crippen MR) is 155 cm³/mol. The lowest BCUT2D eigenvalue weighted by Gasteiger charge is -2.36. The van der Waals surface area contributed by atoms with Crippen LogP contribution in [0.3, 0.4) is 0 Å². The Bertz CT molecular complexity index is 918. The van der Waals surface area contributed by atoms with Crippen LogP contribution >= 0.6 is 0 Å². The molecule has 3 aromatic carbocycles. The van der Waals surface area contributed by atoms with Gasteiger partial charge in [-0.1, -0.05) is 97.6 Å². The Morgan fingerprint density at radius 2 is 0.725 bits per heavy atom. The number of hydrogen-bond donors (Lipinski definition) is 0. The molecular formula is C33H42O7. The van der Waals surface area contributed by atoms with Gasteiger partial charge in [-0.05, 0) is 16.7 Å². The Kier molecular flexibility index (Phi) is 15.7. The van der Waals surface area contributed by atoms with Crippen molar-refractivity contribution in [3.05, 3.63) is 121 Å². The van der Waals surface area contributed by atoms with Crippen molar-refractivity contribution in [3.8, 4) is 0 Å². The molecule has 0 bridgehead atoms. The van der Waals surface area contributed by atoms with E-state index < -0.39 is 5.60 Å². The fourth-order valence-corrected chi connectivity index (χ4v) is 4.19. The minimum Gasteiger partial charge on any atom is -0.499 e. The molecule has 0 N–H and O–H groups in total. The normalized spacial score (nSPS) is 11.4. The maximum absolute atomic E-state index is 6.70. The van der Waals surface area contributed by atoms with E-state index in [4.69, 9.17) is 33.2 Å². The van der Waals surface area contributed by atoms with E-state index >= 15 is 0 Å². The molecule has 0 radical (unpaired) electrons. The molecule has 216 valence electrons. The Morgan fingerprint density at radius 1 is 0.425 bits per heavy atom. The molecule has 0 atom stereocenters. The first kappa shape index (κ1) is 31.5. The molecule has 0 amide bonds. The van der Waals surface area contributed by atoms with Crippen LogP contribution in [0, 0.1) is 0 Å². The second-order valence-corrected chi connectivity index (χ2v) is 8.73. The molecule has 3 rings (SSSR count). The molecule has 0 saturated carbocycles. The quantitative estimate of drug-likeness (QED) is 0.0909. The summed E-state index contributed by atoms with van der Waals surface area (Å²) in [4.78, 5) is 0. The van der Waals surface area contributed by atoms with Crippen LogP contribution in [0.5, 0.6) is 0 Å². The van der Waals surface area contributed by atoms with Gasteiger partial charge >= 0.3 is 0 Å². The first-order valence-electron chi connectivity index (χ1n) is 13.8. The first-order valence-corrected chi connectivity index (χ1v) is 13.8. The molecule has 0 saturated heterocycles. The van der Waals surface area contributed by atoms with Crippen molar-refractivity contribution in [1.29, 1.82) is 0 Å². The monoisotopic (exact) mass is 550 g/mol. The molecule has 3 aromatic rings. The zero-order valence-electron chi connectivity index (χ0n) is 23.3. The average molecular weight is 551 g/mol. The summed E-state index contributed by atoms with van der Waals surface area (Å²) in [7, 11) is 0. The summed E-state index contributed by atoms with van der Waals surface area (Å²) in [5, 5.41) is 0. The van der Waals surface area contributed by atoms with Gasteiger partial charge in [-0.25, -0.2) is 0 Å². The van der Waals surface area contributed by atoms with Gasteiger partial charge in [0.05, 0.1) is 78.9 Å². The highest BCUT2D eigenvalue weighted by Crippen LogP contribution is 2.40. The van der Waals surface area contributed by atoms with E-state index in [0.717, 1.165) is 16.7 Å². The molecule has 0 heterocycles. The molecule has 0 aromatic heterocycles. The van der Waals surface area contributed by atoms with Crippen LogP contribution in [0.25, 0.3) is 0 Å². The molecule has 0 spiro atoms. The van der Waals surface area contributed by atoms with Gasteiger partial charge in [0.2, 0.25) is 0 Å². The molecule has 0 unspecified atom stereocenters. The number of ether oxygens (including phenoxy) is 7. The van der Waals surface area contributed by atoms with E-state index in [1.807, 2.05) is 54.6 Å². The summed E-state index contributed by atoms with van der Waals surface area (Å²) >= 11 is 0. The number of hydrogen-bond acceptors (Lipinski definition) is 7. The summed E-state index contributed by atoms with van der Waals surface area (Å²) in [5.74, 6) is 0. The zero-order chi connectivity index (χ0) is 28.0. The molecule has 40 heavy (non-hydrogen) atoms. The van der Waals surface area contributed by atoms with Gasteiger partial charge in [-0.3, -0.25) is 0 Å². The fourth-order valence-electron chi connectivity index (χ4n) is 4.19. The molecule has 0 aliphatic rings. The minimum absolute atomic E-state index is 0.426. The van der Waals surface area contributed by atoms with Crippen LogP contribution in [0.2, 0.25) is 0 Å². The molecule has 7 nitrogen and oxygen atoms in total. The number of benzene rings is 3. The van der Waals surface area contributed by atoms with Crippen LogP contribution in [0.4, 0.5) is 0 Å². The van der Waals surface area contributed by atoms with Gasteiger partial charge in [-0.2, -0.15) is 0 Å².